The highest BCUT2D eigenvalue weighted by atomic mass is 35.5. The molecule has 0 spiro atoms. The van der Waals surface area contributed by atoms with E-state index in [1.165, 1.54) is 5.56 Å². The summed E-state index contributed by atoms with van der Waals surface area (Å²) in [4.78, 5) is 10.9. The highest BCUT2D eigenvalue weighted by Crippen LogP contribution is 2.10. The van der Waals surface area contributed by atoms with E-state index in [0.717, 1.165) is 25.9 Å². The Morgan fingerprint density at radius 1 is 1.18 bits per heavy atom. The van der Waals surface area contributed by atoms with Crippen molar-refractivity contribution >= 4 is 24.3 Å². The first-order chi connectivity index (χ1) is 10.0. The van der Waals surface area contributed by atoms with E-state index in [2.05, 4.69) is 47.8 Å². The van der Waals surface area contributed by atoms with Crippen LogP contribution in [0.3, 0.4) is 0 Å². The average Bonchev–Trinajstić information content (AvgIpc) is 2.44. The fourth-order valence-electron chi connectivity index (χ4n) is 1.91. The molecule has 0 saturated carbocycles. The van der Waals surface area contributed by atoms with Crippen molar-refractivity contribution in [3.63, 3.8) is 0 Å². The van der Waals surface area contributed by atoms with Crippen molar-refractivity contribution < 1.29 is 0 Å². The van der Waals surface area contributed by atoms with Crippen LogP contribution in [-0.4, -0.2) is 29.4 Å². The van der Waals surface area contributed by atoms with Gasteiger partial charge < -0.3 is 16.4 Å². The molecule has 0 aliphatic carbocycles. The van der Waals surface area contributed by atoms with Gasteiger partial charge in [-0.2, -0.15) is 4.99 Å². The maximum Gasteiger partial charge on any atom is 0.224 e. The van der Waals surface area contributed by atoms with E-state index in [9.17, 15) is 0 Å². The van der Waals surface area contributed by atoms with Gasteiger partial charge in [0.25, 0.3) is 0 Å². The Labute approximate surface area is 139 Å². The van der Waals surface area contributed by atoms with Crippen molar-refractivity contribution in [2.45, 2.75) is 46.2 Å². The normalized spacial score (nSPS) is 11.0. The summed E-state index contributed by atoms with van der Waals surface area (Å²) in [6.07, 6.45) is 2.12. The number of hydrogen-bond donors (Lipinski definition) is 2. The molecule has 0 fully saturated rings. The zero-order chi connectivity index (χ0) is 15.7. The van der Waals surface area contributed by atoms with Gasteiger partial charge in [-0.05, 0) is 25.8 Å². The van der Waals surface area contributed by atoms with Crippen LogP contribution < -0.4 is 11.5 Å². The van der Waals surface area contributed by atoms with Gasteiger partial charge in [0.1, 0.15) is 0 Å². The van der Waals surface area contributed by atoms with E-state index in [-0.39, 0.29) is 24.4 Å². The summed E-state index contributed by atoms with van der Waals surface area (Å²) in [5.41, 5.74) is 12.3. The van der Waals surface area contributed by atoms with E-state index in [1.54, 1.807) is 0 Å². The van der Waals surface area contributed by atoms with Gasteiger partial charge in [0.2, 0.25) is 5.96 Å². The quantitative estimate of drug-likeness (QED) is 0.479. The molecule has 0 aliphatic rings. The molecule has 0 amide bonds. The Kier molecular flexibility index (Phi) is 10.0. The third-order valence-electron chi connectivity index (χ3n) is 3.07. The molecule has 0 saturated heterocycles. The zero-order valence-electron chi connectivity index (χ0n) is 13.7. The second-order valence-electron chi connectivity index (χ2n) is 5.28. The molecule has 0 heterocycles. The number of nitrogens with zero attached hydrogens (tertiary/aromatic N) is 3. The fourth-order valence-corrected chi connectivity index (χ4v) is 1.91. The highest BCUT2D eigenvalue weighted by molar-refractivity contribution is 5.93. The topological polar surface area (TPSA) is 80.0 Å². The third-order valence-corrected chi connectivity index (χ3v) is 3.07. The number of aliphatic imine (C=N–C) groups is 2. The summed E-state index contributed by atoms with van der Waals surface area (Å²) in [7, 11) is 0. The highest BCUT2D eigenvalue weighted by Gasteiger charge is 2.15. The minimum absolute atomic E-state index is 0. The van der Waals surface area contributed by atoms with Gasteiger partial charge in [0.05, 0.1) is 0 Å². The summed E-state index contributed by atoms with van der Waals surface area (Å²) >= 11 is 0. The number of benzene rings is 1. The van der Waals surface area contributed by atoms with Crippen LogP contribution in [0.4, 0.5) is 0 Å². The molecular weight excluding hydrogens is 298 g/mol. The van der Waals surface area contributed by atoms with E-state index in [4.69, 9.17) is 11.5 Å². The summed E-state index contributed by atoms with van der Waals surface area (Å²) in [5, 5.41) is 0. The van der Waals surface area contributed by atoms with Crippen LogP contribution >= 0.6 is 12.4 Å². The molecule has 0 bridgehead atoms. The standard InChI is InChI=1S/C16H27N5.ClH/c1-4-5-11-19-16(20-15(17)18)21(13(2)3)12-14-9-7-6-8-10-14;/h6-10,13H,4-5,11-12H2,1-3H3,(H4,17,18,19,20);1H. The number of unbranched alkanes of at least 4 members (excludes halogenated alkanes) is 1. The van der Waals surface area contributed by atoms with Crippen LogP contribution in [0.15, 0.2) is 40.3 Å². The predicted octanol–water partition coefficient (Wildman–Crippen LogP) is 2.75. The number of halogens is 1. The monoisotopic (exact) mass is 325 g/mol. The Hall–Kier alpha value is -1.75. The van der Waals surface area contributed by atoms with Crippen molar-refractivity contribution in [2.24, 2.45) is 21.5 Å². The minimum atomic E-state index is 0. The van der Waals surface area contributed by atoms with Gasteiger partial charge in [0, 0.05) is 19.1 Å². The lowest BCUT2D eigenvalue weighted by molar-refractivity contribution is 0.338. The maximum absolute atomic E-state index is 5.55. The van der Waals surface area contributed by atoms with Crippen molar-refractivity contribution in [1.82, 2.24) is 4.90 Å². The van der Waals surface area contributed by atoms with E-state index < -0.39 is 0 Å². The molecule has 5 nitrogen and oxygen atoms in total. The number of guanidine groups is 2. The molecule has 0 atom stereocenters. The maximum atomic E-state index is 5.55. The Morgan fingerprint density at radius 2 is 1.82 bits per heavy atom. The molecule has 1 rings (SSSR count). The second kappa shape index (κ2) is 10.9. The van der Waals surface area contributed by atoms with Crippen LogP contribution in [0, 0.1) is 0 Å². The molecule has 0 aliphatic heterocycles. The zero-order valence-corrected chi connectivity index (χ0v) is 14.5. The molecular formula is C16H28ClN5. The van der Waals surface area contributed by atoms with Gasteiger partial charge in [-0.1, -0.05) is 43.7 Å². The van der Waals surface area contributed by atoms with Crippen molar-refractivity contribution in [1.29, 1.82) is 0 Å². The van der Waals surface area contributed by atoms with Gasteiger partial charge in [-0.3, -0.25) is 4.99 Å². The smallest absolute Gasteiger partial charge is 0.224 e. The Morgan fingerprint density at radius 3 is 2.32 bits per heavy atom. The Balaban J connectivity index is 0.00000441. The molecule has 124 valence electrons. The fraction of sp³-hybridized carbons (Fsp3) is 0.500. The minimum Gasteiger partial charge on any atom is -0.370 e. The second-order valence-corrected chi connectivity index (χ2v) is 5.28. The number of nitrogens with two attached hydrogens (primary N) is 2. The first kappa shape index (κ1) is 20.2. The first-order valence-electron chi connectivity index (χ1n) is 7.49. The van der Waals surface area contributed by atoms with Gasteiger partial charge >= 0.3 is 0 Å². The van der Waals surface area contributed by atoms with Crippen molar-refractivity contribution in [3.8, 4) is 0 Å². The lowest BCUT2D eigenvalue weighted by atomic mass is 10.2. The van der Waals surface area contributed by atoms with Crippen LogP contribution in [0.5, 0.6) is 0 Å². The van der Waals surface area contributed by atoms with Crippen LogP contribution in [0.2, 0.25) is 0 Å². The van der Waals surface area contributed by atoms with E-state index >= 15 is 0 Å². The Bertz CT molecular complexity index is 467. The van der Waals surface area contributed by atoms with Gasteiger partial charge in [-0.15, -0.1) is 12.4 Å². The summed E-state index contributed by atoms with van der Waals surface area (Å²) in [6, 6.07) is 10.5. The average molecular weight is 326 g/mol. The first-order valence-corrected chi connectivity index (χ1v) is 7.49. The van der Waals surface area contributed by atoms with Gasteiger partial charge in [-0.25, -0.2) is 0 Å². The van der Waals surface area contributed by atoms with Crippen LogP contribution in [0.1, 0.15) is 39.2 Å². The van der Waals surface area contributed by atoms with E-state index in [1.807, 2.05) is 18.2 Å². The summed E-state index contributed by atoms with van der Waals surface area (Å²) in [6.45, 7) is 7.84. The largest absolute Gasteiger partial charge is 0.370 e. The summed E-state index contributed by atoms with van der Waals surface area (Å²) in [5.74, 6) is 0.659. The molecule has 1 aromatic rings. The van der Waals surface area contributed by atoms with Crippen LogP contribution in [-0.2, 0) is 6.54 Å². The van der Waals surface area contributed by atoms with Crippen molar-refractivity contribution in [2.75, 3.05) is 6.54 Å². The molecule has 0 unspecified atom stereocenters. The molecule has 6 heteroatoms. The molecule has 1 aromatic carbocycles. The molecule has 22 heavy (non-hydrogen) atoms. The lowest BCUT2D eigenvalue weighted by Gasteiger charge is -2.28. The van der Waals surface area contributed by atoms with E-state index in [0.29, 0.717) is 5.96 Å². The number of rotatable bonds is 6. The molecule has 0 aromatic heterocycles. The molecule has 4 N–H and O–H groups in total. The van der Waals surface area contributed by atoms with Crippen molar-refractivity contribution in [3.05, 3.63) is 35.9 Å². The van der Waals surface area contributed by atoms with Crippen LogP contribution in [0.25, 0.3) is 0 Å². The summed E-state index contributed by atoms with van der Waals surface area (Å²) < 4.78 is 0. The number of hydrogen-bond acceptors (Lipinski definition) is 1. The third kappa shape index (κ3) is 7.31. The molecule has 0 radical (unpaired) electrons. The SMILES string of the molecule is CCCCN=C(N=C(N)N)N(Cc1ccccc1)C(C)C.Cl. The van der Waals surface area contributed by atoms with Gasteiger partial charge in [0.15, 0.2) is 5.96 Å². The lowest BCUT2D eigenvalue weighted by Crippen LogP contribution is -2.38. The predicted molar refractivity (Wildman–Crippen MR) is 97.4 cm³/mol.